The third-order valence-electron chi connectivity index (χ3n) is 3.85. The highest BCUT2D eigenvalue weighted by Gasteiger charge is 2.35. The first-order chi connectivity index (χ1) is 12.5. The average Bonchev–Trinajstić information content (AvgIpc) is 3.02. The lowest BCUT2D eigenvalue weighted by atomic mass is 10.1. The lowest BCUT2D eigenvalue weighted by Crippen LogP contribution is -2.16. The summed E-state index contributed by atoms with van der Waals surface area (Å²) < 4.78 is 64.4. The van der Waals surface area contributed by atoms with Crippen LogP contribution in [0.4, 0.5) is 13.2 Å². The van der Waals surface area contributed by atoms with Crippen LogP contribution in [0.5, 0.6) is 0 Å². The van der Waals surface area contributed by atoms with E-state index in [2.05, 4.69) is 5.10 Å². The highest BCUT2D eigenvalue weighted by molar-refractivity contribution is 7.89. The van der Waals surface area contributed by atoms with E-state index in [1.54, 1.807) is 19.1 Å². The lowest BCUT2D eigenvalue weighted by molar-refractivity contribution is -0.141. The number of primary sulfonamides is 1. The third-order valence-corrected chi connectivity index (χ3v) is 5.24. The standard InChI is InChI=1S/C17H13ClF3N3O2S/c1-10-8-11(6-7-12(10)18)14-9-16(17(19,20)21)23-24(14)13-4-2-3-5-15(13)27(22,25)26/h2-9H,1H3,(H2,22,25,26). The van der Waals surface area contributed by atoms with E-state index in [-0.39, 0.29) is 16.3 Å². The smallest absolute Gasteiger partial charge is 0.231 e. The fraction of sp³-hybridized carbons (Fsp3) is 0.118. The predicted molar refractivity (Wildman–Crippen MR) is 95.1 cm³/mol. The van der Waals surface area contributed by atoms with Gasteiger partial charge in [0.05, 0.1) is 11.4 Å². The second kappa shape index (κ2) is 6.66. The summed E-state index contributed by atoms with van der Waals surface area (Å²) in [6.07, 6.45) is -4.71. The average molecular weight is 416 g/mol. The van der Waals surface area contributed by atoms with Crippen molar-refractivity contribution < 1.29 is 21.6 Å². The summed E-state index contributed by atoms with van der Waals surface area (Å²) in [4.78, 5) is -0.339. The molecule has 0 fully saturated rings. The van der Waals surface area contributed by atoms with Crippen molar-refractivity contribution in [3.05, 3.63) is 64.8 Å². The number of sulfonamides is 1. The van der Waals surface area contributed by atoms with Gasteiger partial charge >= 0.3 is 6.18 Å². The molecule has 0 aliphatic carbocycles. The molecule has 3 rings (SSSR count). The Labute approximate surface area is 158 Å². The number of nitrogens with two attached hydrogens (primary N) is 1. The molecule has 10 heteroatoms. The van der Waals surface area contributed by atoms with Crippen LogP contribution in [0.15, 0.2) is 53.4 Å². The van der Waals surface area contributed by atoms with Crippen LogP contribution in [0.25, 0.3) is 16.9 Å². The van der Waals surface area contributed by atoms with Gasteiger partial charge in [0.2, 0.25) is 10.0 Å². The Morgan fingerprint density at radius 1 is 1.11 bits per heavy atom. The number of nitrogens with zero attached hydrogens (tertiary/aromatic N) is 2. The zero-order chi connectivity index (χ0) is 20.0. The molecule has 0 aliphatic heterocycles. The van der Waals surface area contributed by atoms with Crippen LogP contribution in [-0.4, -0.2) is 18.2 Å². The molecule has 0 amide bonds. The largest absolute Gasteiger partial charge is 0.435 e. The number of halogens is 4. The predicted octanol–water partition coefficient (Wildman–Crippen LogP) is 4.17. The second-order valence-electron chi connectivity index (χ2n) is 5.80. The molecule has 1 aromatic heterocycles. The Bertz CT molecular complexity index is 1120. The van der Waals surface area contributed by atoms with Crippen molar-refractivity contribution in [1.29, 1.82) is 0 Å². The quantitative estimate of drug-likeness (QED) is 0.697. The Hall–Kier alpha value is -2.36. The molecule has 27 heavy (non-hydrogen) atoms. The van der Waals surface area contributed by atoms with Gasteiger partial charge in [0.25, 0.3) is 0 Å². The summed E-state index contributed by atoms with van der Waals surface area (Å²) in [5, 5.41) is 9.25. The van der Waals surface area contributed by atoms with Crippen LogP contribution in [0, 0.1) is 6.92 Å². The van der Waals surface area contributed by atoms with Gasteiger partial charge in [0.15, 0.2) is 5.69 Å². The van der Waals surface area contributed by atoms with E-state index in [1.807, 2.05) is 0 Å². The molecule has 3 aromatic rings. The van der Waals surface area contributed by atoms with Crippen molar-refractivity contribution in [3.8, 4) is 16.9 Å². The summed E-state index contributed by atoms with van der Waals surface area (Å²) in [6, 6.07) is 11.0. The highest BCUT2D eigenvalue weighted by atomic mass is 35.5. The van der Waals surface area contributed by atoms with E-state index in [4.69, 9.17) is 16.7 Å². The van der Waals surface area contributed by atoms with E-state index in [9.17, 15) is 21.6 Å². The Balaban J connectivity index is 2.34. The fourth-order valence-corrected chi connectivity index (χ4v) is 3.42. The highest BCUT2D eigenvalue weighted by Crippen LogP contribution is 2.35. The van der Waals surface area contributed by atoms with Gasteiger partial charge in [-0.3, -0.25) is 0 Å². The van der Waals surface area contributed by atoms with Crippen LogP contribution in [0.2, 0.25) is 5.02 Å². The summed E-state index contributed by atoms with van der Waals surface area (Å²) in [6.45, 7) is 1.70. The Morgan fingerprint density at radius 3 is 2.37 bits per heavy atom. The van der Waals surface area contributed by atoms with E-state index in [0.29, 0.717) is 16.1 Å². The molecule has 0 radical (unpaired) electrons. The third kappa shape index (κ3) is 3.85. The summed E-state index contributed by atoms with van der Waals surface area (Å²) in [7, 11) is -4.18. The van der Waals surface area contributed by atoms with E-state index in [1.165, 1.54) is 30.3 Å². The van der Waals surface area contributed by atoms with Gasteiger partial charge in [-0.2, -0.15) is 18.3 Å². The minimum Gasteiger partial charge on any atom is -0.231 e. The minimum absolute atomic E-state index is 0.0539. The van der Waals surface area contributed by atoms with Crippen molar-refractivity contribution in [3.63, 3.8) is 0 Å². The summed E-state index contributed by atoms with van der Waals surface area (Å²) in [5.74, 6) is 0. The SMILES string of the molecule is Cc1cc(-c2cc(C(F)(F)F)nn2-c2ccccc2S(N)(=O)=O)ccc1Cl. The van der Waals surface area contributed by atoms with Crippen molar-refractivity contribution in [1.82, 2.24) is 9.78 Å². The van der Waals surface area contributed by atoms with Crippen LogP contribution in [-0.2, 0) is 16.2 Å². The molecule has 1 heterocycles. The monoisotopic (exact) mass is 415 g/mol. The second-order valence-corrected chi connectivity index (χ2v) is 7.74. The molecule has 0 aliphatic rings. The summed E-state index contributed by atoms with van der Waals surface area (Å²) in [5.41, 5.74) is -0.148. The molecule has 0 atom stereocenters. The maximum absolute atomic E-state index is 13.3. The van der Waals surface area contributed by atoms with Gasteiger partial charge in [-0.25, -0.2) is 18.2 Å². The minimum atomic E-state index is -4.71. The molecule has 2 aromatic carbocycles. The lowest BCUT2D eigenvalue weighted by Gasteiger charge is -2.12. The molecule has 0 spiro atoms. The number of para-hydroxylation sites is 1. The van der Waals surface area contributed by atoms with Gasteiger partial charge in [-0.05, 0) is 42.8 Å². The van der Waals surface area contributed by atoms with Crippen molar-refractivity contribution in [2.24, 2.45) is 5.14 Å². The zero-order valence-electron chi connectivity index (χ0n) is 13.8. The molecule has 0 bridgehead atoms. The Kier molecular flexibility index (Phi) is 4.79. The van der Waals surface area contributed by atoms with Gasteiger partial charge < -0.3 is 0 Å². The topological polar surface area (TPSA) is 78.0 Å². The number of aryl methyl sites for hydroxylation is 1. The first-order valence-corrected chi connectivity index (χ1v) is 9.47. The number of hydrogen-bond acceptors (Lipinski definition) is 3. The number of hydrogen-bond donors (Lipinski definition) is 1. The first-order valence-electron chi connectivity index (χ1n) is 7.54. The van der Waals surface area contributed by atoms with Crippen LogP contribution in [0.1, 0.15) is 11.3 Å². The molecule has 2 N–H and O–H groups in total. The molecule has 0 saturated heterocycles. The van der Waals surface area contributed by atoms with E-state index < -0.39 is 21.9 Å². The maximum Gasteiger partial charge on any atom is 0.435 e. The first kappa shape index (κ1) is 19.4. The van der Waals surface area contributed by atoms with Gasteiger partial charge in [0.1, 0.15) is 4.90 Å². The van der Waals surface area contributed by atoms with E-state index in [0.717, 1.165) is 10.7 Å². The number of aromatic nitrogens is 2. The number of benzene rings is 2. The molecular weight excluding hydrogens is 403 g/mol. The molecule has 5 nitrogen and oxygen atoms in total. The van der Waals surface area contributed by atoms with Crippen LogP contribution in [0.3, 0.4) is 0 Å². The van der Waals surface area contributed by atoms with Gasteiger partial charge in [-0.15, -0.1) is 0 Å². The summed E-state index contributed by atoms with van der Waals surface area (Å²) >= 11 is 5.99. The number of alkyl halides is 3. The van der Waals surface area contributed by atoms with Crippen LogP contribution < -0.4 is 5.14 Å². The van der Waals surface area contributed by atoms with E-state index >= 15 is 0 Å². The number of rotatable bonds is 3. The van der Waals surface area contributed by atoms with Crippen molar-refractivity contribution in [2.75, 3.05) is 0 Å². The van der Waals surface area contributed by atoms with Crippen molar-refractivity contribution in [2.45, 2.75) is 18.0 Å². The maximum atomic E-state index is 13.3. The normalized spacial score (nSPS) is 12.4. The van der Waals surface area contributed by atoms with Gasteiger partial charge in [-0.1, -0.05) is 29.8 Å². The fourth-order valence-electron chi connectivity index (χ4n) is 2.59. The van der Waals surface area contributed by atoms with Crippen LogP contribution >= 0.6 is 11.6 Å². The molecular formula is C17H13ClF3N3O2S. The van der Waals surface area contributed by atoms with Gasteiger partial charge in [0, 0.05) is 10.6 Å². The zero-order valence-corrected chi connectivity index (χ0v) is 15.4. The molecule has 0 unspecified atom stereocenters. The molecule has 0 saturated carbocycles. The molecule has 142 valence electrons. The van der Waals surface area contributed by atoms with Crippen molar-refractivity contribution >= 4 is 21.6 Å². The Morgan fingerprint density at radius 2 is 1.78 bits per heavy atom.